The maximum atomic E-state index is 9.95. The summed E-state index contributed by atoms with van der Waals surface area (Å²) in [6.45, 7) is 4.41. The van der Waals surface area contributed by atoms with Gasteiger partial charge < -0.3 is 14.6 Å². The number of nitriles is 1. The zero-order chi connectivity index (χ0) is 19.1. The Bertz CT molecular complexity index is 862. The van der Waals surface area contributed by atoms with Crippen LogP contribution < -0.4 is 10.2 Å². The van der Waals surface area contributed by atoms with E-state index in [4.69, 9.17) is 9.47 Å². The van der Waals surface area contributed by atoms with Crippen LogP contribution in [0.25, 0.3) is 0 Å². The molecule has 0 aliphatic carbocycles. The van der Waals surface area contributed by atoms with Gasteiger partial charge >= 0.3 is 0 Å². The molecule has 7 nitrogen and oxygen atoms in total. The standard InChI is InChI=1S/C18H19BrN4O3/c1-4-26-16-7-12(6-15(19)17(16)24)9-21-23-18-14(8-20)13(10-25-3)5-11(2)22-18/h5-7,9,24H,4,10H2,1-3H3,(H,22,23). The van der Waals surface area contributed by atoms with Gasteiger partial charge in [0.1, 0.15) is 11.6 Å². The summed E-state index contributed by atoms with van der Waals surface area (Å²) >= 11 is 3.28. The minimum atomic E-state index is 0.0354. The molecule has 0 saturated carbocycles. The number of hydrogen-bond acceptors (Lipinski definition) is 7. The van der Waals surface area contributed by atoms with Crippen molar-refractivity contribution in [3.8, 4) is 17.6 Å². The number of aryl methyl sites for hydroxylation is 1. The minimum Gasteiger partial charge on any atom is -0.503 e. The highest BCUT2D eigenvalue weighted by Gasteiger charge is 2.11. The van der Waals surface area contributed by atoms with Crippen LogP contribution in [0, 0.1) is 18.3 Å². The van der Waals surface area contributed by atoms with Gasteiger partial charge in [-0.3, -0.25) is 5.43 Å². The average molecular weight is 419 g/mol. The number of pyridine rings is 1. The molecule has 0 saturated heterocycles. The molecule has 0 spiro atoms. The molecule has 2 aromatic rings. The lowest BCUT2D eigenvalue weighted by Gasteiger charge is -2.10. The average Bonchev–Trinajstić information content (AvgIpc) is 2.59. The fraction of sp³-hybridized carbons (Fsp3) is 0.278. The molecule has 1 heterocycles. The van der Waals surface area contributed by atoms with Gasteiger partial charge in [-0.25, -0.2) is 4.98 Å². The van der Waals surface area contributed by atoms with E-state index in [-0.39, 0.29) is 5.75 Å². The first-order valence-electron chi connectivity index (χ1n) is 7.84. The molecule has 0 aliphatic heterocycles. The number of rotatable bonds is 7. The number of nitrogens with zero attached hydrogens (tertiary/aromatic N) is 3. The summed E-state index contributed by atoms with van der Waals surface area (Å²) in [6.07, 6.45) is 1.55. The number of nitrogens with one attached hydrogen (secondary N) is 1. The number of anilines is 1. The Morgan fingerprint density at radius 3 is 2.85 bits per heavy atom. The third-order valence-electron chi connectivity index (χ3n) is 3.38. The summed E-state index contributed by atoms with van der Waals surface area (Å²) in [6, 6.07) is 7.31. The number of phenolic OH excluding ortho intramolecular Hbond substituents is 1. The van der Waals surface area contributed by atoms with E-state index in [1.54, 1.807) is 25.5 Å². The third kappa shape index (κ3) is 4.71. The second-order valence-electron chi connectivity index (χ2n) is 5.34. The minimum absolute atomic E-state index is 0.0354. The predicted octanol–water partition coefficient (Wildman–Crippen LogP) is 3.72. The first-order chi connectivity index (χ1) is 12.5. The molecule has 0 atom stereocenters. The van der Waals surface area contributed by atoms with Crippen molar-refractivity contribution in [2.24, 2.45) is 5.10 Å². The number of phenols is 1. The molecule has 0 bridgehead atoms. The van der Waals surface area contributed by atoms with Gasteiger partial charge in [-0.1, -0.05) is 0 Å². The highest BCUT2D eigenvalue weighted by Crippen LogP contribution is 2.35. The lowest BCUT2D eigenvalue weighted by molar-refractivity contribution is 0.184. The Labute approximate surface area is 160 Å². The molecule has 8 heteroatoms. The fourth-order valence-electron chi connectivity index (χ4n) is 2.32. The Kier molecular flexibility index (Phi) is 6.95. The molecule has 26 heavy (non-hydrogen) atoms. The van der Waals surface area contributed by atoms with Gasteiger partial charge in [0.25, 0.3) is 0 Å². The highest BCUT2D eigenvalue weighted by atomic mass is 79.9. The van der Waals surface area contributed by atoms with Gasteiger partial charge in [0, 0.05) is 18.4 Å². The monoisotopic (exact) mass is 418 g/mol. The number of hydrogen-bond donors (Lipinski definition) is 2. The molecular weight excluding hydrogens is 400 g/mol. The lowest BCUT2D eigenvalue weighted by atomic mass is 10.1. The summed E-state index contributed by atoms with van der Waals surface area (Å²) in [4.78, 5) is 4.32. The number of hydrazone groups is 1. The molecular formula is C18H19BrN4O3. The Morgan fingerprint density at radius 1 is 1.42 bits per heavy atom. The van der Waals surface area contributed by atoms with Gasteiger partial charge in [-0.2, -0.15) is 10.4 Å². The van der Waals surface area contributed by atoms with Crippen LogP contribution in [-0.2, 0) is 11.3 Å². The Morgan fingerprint density at radius 2 is 2.19 bits per heavy atom. The summed E-state index contributed by atoms with van der Waals surface area (Å²) in [7, 11) is 1.57. The van der Waals surface area contributed by atoms with Crippen molar-refractivity contribution in [2.45, 2.75) is 20.5 Å². The van der Waals surface area contributed by atoms with Crippen LogP contribution in [-0.4, -0.2) is 30.0 Å². The van der Waals surface area contributed by atoms with Crippen molar-refractivity contribution in [3.63, 3.8) is 0 Å². The van der Waals surface area contributed by atoms with Crippen LogP contribution >= 0.6 is 15.9 Å². The van der Waals surface area contributed by atoms with Crippen molar-refractivity contribution in [1.29, 1.82) is 5.26 Å². The fourth-order valence-corrected chi connectivity index (χ4v) is 2.78. The summed E-state index contributed by atoms with van der Waals surface area (Å²) in [5, 5.41) is 23.5. The van der Waals surface area contributed by atoms with E-state index in [2.05, 4.69) is 37.5 Å². The van der Waals surface area contributed by atoms with Gasteiger partial charge in [0.05, 0.1) is 23.9 Å². The topological polar surface area (TPSA) is 99.8 Å². The lowest BCUT2D eigenvalue weighted by Crippen LogP contribution is -2.03. The van der Waals surface area contributed by atoms with Crippen LogP contribution in [0.5, 0.6) is 11.5 Å². The van der Waals surface area contributed by atoms with E-state index in [1.165, 1.54) is 0 Å². The van der Waals surface area contributed by atoms with Crippen LogP contribution in [0.4, 0.5) is 5.82 Å². The van der Waals surface area contributed by atoms with Crippen molar-refractivity contribution < 1.29 is 14.6 Å². The maximum absolute atomic E-state index is 9.95. The van der Waals surface area contributed by atoms with E-state index in [0.29, 0.717) is 40.4 Å². The van der Waals surface area contributed by atoms with E-state index in [0.717, 1.165) is 11.3 Å². The Hall–Kier alpha value is -2.63. The number of benzene rings is 1. The van der Waals surface area contributed by atoms with Crippen molar-refractivity contribution in [2.75, 3.05) is 19.1 Å². The molecule has 136 valence electrons. The van der Waals surface area contributed by atoms with Crippen LogP contribution in [0.2, 0.25) is 0 Å². The van der Waals surface area contributed by atoms with Gasteiger partial charge in [0.2, 0.25) is 0 Å². The van der Waals surface area contributed by atoms with E-state index in [1.807, 2.05) is 19.9 Å². The smallest absolute Gasteiger partial charge is 0.172 e. The Balaban J connectivity index is 2.27. The molecule has 1 aromatic heterocycles. The molecule has 0 amide bonds. The molecule has 2 N–H and O–H groups in total. The molecule has 1 aromatic carbocycles. The summed E-state index contributed by atoms with van der Waals surface area (Å²) in [5.74, 6) is 0.754. The van der Waals surface area contributed by atoms with E-state index < -0.39 is 0 Å². The number of aromatic hydroxyl groups is 1. The van der Waals surface area contributed by atoms with Gasteiger partial charge in [0.15, 0.2) is 17.3 Å². The van der Waals surface area contributed by atoms with Crippen LogP contribution in [0.15, 0.2) is 27.8 Å². The summed E-state index contributed by atoms with van der Waals surface area (Å²) in [5.41, 5.74) is 5.38. The number of aromatic nitrogens is 1. The zero-order valence-corrected chi connectivity index (χ0v) is 16.3. The number of halogens is 1. The van der Waals surface area contributed by atoms with Crippen LogP contribution in [0.3, 0.4) is 0 Å². The largest absolute Gasteiger partial charge is 0.503 e. The number of methoxy groups -OCH3 is 1. The predicted molar refractivity (Wildman–Crippen MR) is 103 cm³/mol. The van der Waals surface area contributed by atoms with Gasteiger partial charge in [-0.05, 0) is 53.5 Å². The number of ether oxygens (including phenoxy) is 2. The third-order valence-corrected chi connectivity index (χ3v) is 3.98. The first kappa shape index (κ1) is 19.7. The quantitative estimate of drug-likeness (QED) is 0.524. The normalized spacial score (nSPS) is 10.7. The highest BCUT2D eigenvalue weighted by molar-refractivity contribution is 9.10. The van der Waals surface area contributed by atoms with Crippen molar-refractivity contribution in [1.82, 2.24) is 4.98 Å². The molecule has 0 unspecified atom stereocenters. The molecule has 2 rings (SSSR count). The molecule has 0 radical (unpaired) electrons. The van der Waals surface area contributed by atoms with Crippen molar-refractivity contribution >= 4 is 28.0 Å². The molecule has 0 fully saturated rings. The zero-order valence-electron chi connectivity index (χ0n) is 14.7. The second kappa shape index (κ2) is 9.17. The second-order valence-corrected chi connectivity index (χ2v) is 6.20. The molecule has 0 aliphatic rings. The summed E-state index contributed by atoms with van der Waals surface area (Å²) < 4.78 is 11.0. The van der Waals surface area contributed by atoms with E-state index >= 15 is 0 Å². The SMILES string of the molecule is CCOc1cc(C=NNc2nc(C)cc(COC)c2C#N)cc(Br)c1O. The van der Waals surface area contributed by atoms with Gasteiger partial charge in [-0.15, -0.1) is 0 Å². The van der Waals surface area contributed by atoms with Crippen molar-refractivity contribution in [3.05, 3.63) is 45.1 Å². The maximum Gasteiger partial charge on any atom is 0.172 e. The van der Waals surface area contributed by atoms with E-state index in [9.17, 15) is 10.4 Å². The first-order valence-corrected chi connectivity index (χ1v) is 8.63. The van der Waals surface area contributed by atoms with Crippen LogP contribution in [0.1, 0.15) is 29.3 Å².